The minimum Gasteiger partial charge on any atom is -0.507 e. The van der Waals surface area contributed by atoms with Gasteiger partial charge in [-0.25, -0.2) is 4.98 Å². The van der Waals surface area contributed by atoms with Gasteiger partial charge < -0.3 is 9.84 Å². The molecule has 1 saturated heterocycles. The number of ether oxygens (including phenoxy) is 1. The summed E-state index contributed by atoms with van der Waals surface area (Å²) >= 11 is 1.15. The van der Waals surface area contributed by atoms with E-state index in [1.165, 1.54) is 29.3 Å². The number of nitrogens with zero attached hydrogens (tertiary/aromatic N) is 3. The number of aliphatic hydroxyl groups excluding tert-OH is 1. The molecular weight excluding hydrogens is 446 g/mol. The molecule has 2 aliphatic heterocycles. The first-order valence-corrected chi connectivity index (χ1v) is 11.0. The van der Waals surface area contributed by atoms with E-state index < -0.39 is 22.7 Å². The van der Waals surface area contributed by atoms with Gasteiger partial charge in [0, 0.05) is 35.7 Å². The van der Waals surface area contributed by atoms with Gasteiger partial charge in [-0.3, -0.25) is 24.6 Å². The van der Waals surface area contributed by atoms with Crippen molar-refractivity contribution < 1.29 is 24.4 Å². The lowest BCUT2D eigenvalue weighted by molar-refractivity contribution is -0.384. The zero-order valence-electron chi connectivity index (χ0n) is 17.3. The Morgan fingerprint density at radius 1 is 1.27 bits per heavy atom. The summed E-state index contributed by atoms with van der Waals surface area (Å²) < 4.78 is 5.70. The number of hydrogen-bond donors (Lipinski definition) is 1. The van der Waals surface area contributed by atoms with Crippen molar-refractivity contribution in [1.29, 1.82) is 0 Å². The van der Waals surface area contributed by atoms with Gasteiger partial charge in [0.15, 0.2) is 5.13 Å². The van der Waals surface area contributed by atoms with Crippen LogP contribution in [0.15, 0.2) is 59.6 Å². The van der Waals surface area contributed by atoms with E-state index in [2.05, 4.69) is 4.98 Å². The van der Waals surface area contributed by atoms with Gasteiger partial charge in [-0.05, 0) is 36.2 Å². The Morgan fingerprint density at radius 2 is 2.09 bits per heavy atom. The molecule has 0 unspecified atom stereocenters. The summed E-state index contributed by atoms with van der Waals surface area (Å²) in [5.41, 5.74) is 1.22. The van der Waals surface area contributed by atoms with Gasteiger partial charge in [-0.2, -0.15) is 0 Å². The molecule has 3 aromatic rings. The van der Waals surface area contributed by atoms with Crippen LogP contribution < -0.4 is 9.64 Å². The molecule has 1 amide bonds. The highest BCUT2D eigenvalue weighted by molar-refractivity contribution is 7.14. The molecule has 0 spiro atoms. The third kappa shape index (κ3) is 3.44. The van der Waals surface area contributed by atoms with Gasteiger partial charge >= 0.3 is 5.91 Å². The van der Waals surface area contributed by atoms with Crippen molar-refractivity contribution in [1.82, 2.24) is 4.98 Å². The second kappa shape index (κ2) is 7.82. The molecule has 1 aromatic heterocycles. The Balaban J connectivity index is 1.70. The van der Waals surface area contributed by atoms with E-state index in [4.69, 9.17) is 4.74 Å². The number of amides is 1. The predicted molar refractivity (Wildman–Crippen MR) is 120 cm³/mol. The summed E-state index contributed by atoms with van der Waals surface area (Å²) in [4.78, 5) is 42.3. The number of ketones is 1. The molecule has 1 fully saturated rings. The molecule has 0 radical (unpaired) electrons. The van der Waals surface area contributed by atoms with Crippen molar-refractivity contribution in [2.75, 3.05) is 4.90 Å². The van der Waals surface area contributed by atoms with Gasteiger partial charge in [-0.1, -0.05) is 12.1 Å². The maximum atomic E-state index is 13.1. The fraction of sp³-hybridized carbons (Fsp3) is 0.174. The van der Waals surface area contributed by atoms with Crippen LogP contribution in [0.2, 0.25) is 0 Å². The van der Waals surface area contributed by atoms with Crippen LogP contribution in [0.25, 0.3) is 5.76 Å². The number of non-ortho nitro benzene ring substituents is 1. The number of nitro groups is 1. The lowest BCUT2D eigenvalue weighted by Crippen LogP contribution is -2.29. The molecule has 5 rings (SSSR count). The number of rotatable bonds is 4. The third-order valence-corrected chi connectivity index (χ3v) is 6.41. The van der Waals surface area contributed by atoms with Crippen molar-refractivity contribution in [3.05, 3.63) is 86.4 Å². The summed E-state index contributed by atoms with van der Waals surface area (Å²) in [6.45, 7) is 1.93. The number of aromatic nitrogens is 1. The van der Waals surface area contributed by atoms with Gasteiger partial charge in [0.25, 0.3) is 11.5 Å². The first-order chi connectivity index (χ1) is 15.8. The van der Waals surface area contributed by atoms with Gasteiger partial charge in [0.1, 0.15) is 17.6 Å². The highest BCUT2D eigenvalue weighted by Gasteiger charge is 2.48. The van der Waals surface area contributed by atoms with Crippen molar-refractivity contribution in [3.8, 4) is 5.75 Å². The number of fused-ring (bicyclic) bond motifs is 1. The number of anilines is 1. The molecule has 9 nitrogen and oxygen atoms in total. The molecule has 33 heavy (non-hydrogen) atoms. The largest absolute Gasteiger partial charge is 0.507 e. The zero-order valence-corrected chi connectivity index (χ0v) is 18.1. The van der Waals surface area contributed by atoms with Crippen LogP contribution in [0, 0.1) is 10.1 Å². The van der Waals surface area contributed by atoms with Crippen LogP contribution in [0.1, 0.15) is 29.7 Å². The van der Waals surface area contributed by atoms with E-state index in [1.54, 1.807) is 29.6 Å². The van der Waals surface area contributed by atoms with E-state index in [0.717, 1.165) is 16.9 Å². The van der Waals surface area contributed by atoms with Gasteiger partial charge in [0.05, 0.1) is 16.5 Å². The van der Waals surface area contributed by atoms with Crippen LogP contribution in [0.3, 0.4) is 0 Å². The first-order valence-electron chi connectivity index (χ1n) is 10.1. The lowest BCUT2D eigenvalue weighted by atomic mass is 9.94. The van der Waals surface area contributed by atoms with Gasteiger partial charge in [0.2, 0.25) is 0 Å². The zero-order chi connectivity index (χ0) is 23.3. The second-order valence-corrected chi connectivity index (χ2v) is 8.66. The topological polar surface area (TPSA) is 123 Å². The number of carbonyl (C=O) groups excluding carboxylic acids is 2. The number of benzene rings is 2. The fourth-order valence-electron chi connectivity index (χ4n) is 4.21. The summed E-state index contributed by atoms with van der Waals surface area (Å²) in [5, 5.41) is 24.5. The van der Waals surface area contributed by atoms with Crippen LogP contribution in [-0.4, -0.2) is 32.8 Å². The highest BCUT2D eigenvalue weighted by Crippen LogP contribution is 2.43. The van der Waals surface area contributed by atoms with Crippen LogP contribution in [0.5, 0.6) is 5.75 Å². The van der Waals surface area contributed by atoms with E-state index in [9.17, 15) is 24.8 Å². The van der Waals surface area contributed by atoms with E-state index >= 15 is 0 Å². The average molecular weight is 463 g/mol. The smallest absolute Gasteiger partial charge is 0.301 e. The maximum Gasteiger partial charge on any atom is 0.301 e. The number of thiazole rings is 1. The Bertz CT molecular complexity index is 1330. The molecule has 3 heterocycles. The van der Waals surface area contributed by atoms with Gasteiger partial charge in [-0.15, -0.1) is 11.3 Å². The van der Waals surface area contributed by atoms with E-state index in [1.807, 2.05) is 6.92 Å². The molecule has 2 aliphatic rings. The molecule has 0 bridgehead atoms. The summed E-state index contributed by atoms with van der Waals surface area (Å²) in [5.74, 6) is -1.39. The molecule has 2 aromatic carbocycles. The Morgan fingerprint density at radius 3 is 2.82 bits per heavy atom. The number of hydrogen-bond acceptors (Lipinski definition) is 8. The van der Waals surface area contributed by atoms with E-state index in [-0.39, 0.29) is 28.3 Å². The lowest BCUT2D eigenvalue weighted by Gasteiger charge is -2.22. The normalized spacial score (nSPS) is 21.2. The fourth-order valence-corrected chi connectivity index (χ4v) is 4.88. The third-order valence-electron chi connectivity index (χ3n) is 5.64. The number of aliphatic hydroxyl groups is 1. The number of carbonyl (C=O) groups is 2. The Labute approximate surface area is 191 Å². The van der Waals surface area contributed by atoms with Crippen LogP contribution in [0.4, 0.5) is 10.8 Å². The maximum absolute atomic E-state index is 13.1. The molecule has 0 saturated carbocycles. The Hall–Kier alpha value is -4.05. The van der Waals surface area contributed by atoms with Crippen molar-refractivity contribution in [2.24, 2.45) is 0 Å². The predicted octanol–water partition coefficient (Wildman–Crippen LogP) is 4.00. The summed E-state index contributed by atoms with van der Waals surface area (Å²) in [6, 6.07) is 9.66. The Kier molecular flexibility index (Phi) is 4.94. The average Bonchev–Trinajstić information content (AvgIpc) is 3.51. The van der Waals surface area contributed by atoms with Crippen LogP contribution in [-0.2, 0) is 16.0 Å². The minimum absolute atomic E-state index is 0.00209. The summed E-state index contributed by atoms with van der Waals surface area (Å²) in [6.07, 6.45) is 2.14. The SMILES string of the molecule is C[C@@H]1Cc2cc(/C(O)=C3\C(=O)C(=O)N(c4nccs4)[C@@H]3c3cccc([N+](=O)[O-])c3)ccc2O1. The quantitative estimate of drug-likeness (QED) is 0.204. The van der Waals surface area contributed by atoms with Crippen molar-refractivity contribution >= 4 is 39.6 Å². The monoisotopic (exact) mass is 463 g/mol. The number of Topliss-reactive ketones (excluding diaryl/α,β-unsaturated/α-hetero) is 1. The second-order valence-electron chi connectivity index (χ2n) is 7.79. The molecular formula is C23H17N3O6S. The number of nitro benzene ring substituents is 1. The minimum atomic E-state index is -1.07. The molecule has 2 atom stereocenters. The van der Waals surface area contributed by atoms with Crippen LogP contribution >= 0.6 is 11.3 Å². The van der Waals surface area contributed by atoms with E-state index in [0.29, 0.717) is 23.3 Å². The standard InChI is InChI=1S/C23H17N3O6S/c1-12-9-15-10-14(5-6-17(15)32-12)20(27)18-19(13-3-2-4-16(11-13)26(30)31)25(22(29)21(18)28)23-24-7-8-33-23/h2-8,10-12,19,27H,9H2,1H3/b20-18+/t12-,19-/m1/s1. The highest BCUT2D eigenvalue weighted by atomic mass is 32.1. The molecule has 166 valence electrons. The molecule has 10 heteroatoms. The van der Waals surface area contributed by atoms with Crippen molar-refractivity contribution in [2.45, 2.75) is 25.5 Å². The first kappa shape index (κ1) is 20.8. The molecule has 1 N–H and O–H groups in total. The molecule has 0 aliphatic carbocycles. The summed E-state index contributed by atoms with van der Waals surface area (Å²) in [7, 11) is 0. The van der Waals surface area contributed by atoms with Crippen molar-refractivity contribution in [3.63, 3.8) is 0 Å².